The van der Waals surface area contributed by atoms with E-state index < -0.39 is 23.1 Å². The molecule has 2 rings (SSSR count). The van der Waals surface area contributed by atoms with Crippen molar-refractivity contribution in [2.24, 2.45) is 5.73 Å². The van der Waals surface area contributed by atoms with E-state index in [1.165, 1.54) is 11.8 Å². The number of halogens is 1. The quantitative estimate of drug-likeness (QED) is 0.837. The second-order valence-electron chi connectivity index (χ2n) is 3.67. The van der Waals surface area contributed by atoms with Gasteiger partial charge in [-0.05, 0) is 24.3 Å². The van der Waals surface area contributed by atoms with E-state index in [1.807, 2.05) is 0 Å². The van der Waals surface area contributed by atoms with Gasteiger partial charge in [0.15, 0.2) is 0 Å². The molecule has 1 atom stereocenters. The van der Waals surface area contributed by atoms with Crippen LogP contribution in [-0.4, -0.2) is 28.0 Å². The molecule has 18 heavy (non-hydrogen) atoms. The van der Waals surface area contributed by atoms with Crippen molar-refractivity contribution in [3.8, 4) is 0 Å². The molecule has 1 saturated heterocycles. The van der Waals surface area contributed by atoms with Crippen molar-refractivity contribution in [3.05, 3.63) is 29.3 Å². The van der Waals surface area contributed by atoms with Crippen molar-refractivity contribution < 1.29 is 14.4 Å². The highest BCUT2D eigenvalue weighted by atomic mass is 35.5. The van der Waals surface area contributed by atoms with Crippen LogP contribution in [0.5, 0.6) is 0 Å². The summed E-state index contributed by atoms with van der Waals surface area (Å²) in [4.78, 5) is 35.5. The first-order chi connectivity index (χ1) is 8.49. The first-order valence-corrected chi connectivity index (χ1v) is 6.33. The Morgan fingerprint density at radius 1 is 1.33 bits per heavy atom. The Bertz CT molecular complexity index is 518. The molecule has 7 heteroatoms. The summed E-state index contributed by atoms with van der Waals surface area (Å²) >= 11 is 6.96. The number of carbonyl (C=O) groups is 3. The number of nitrogens with two attached hydrogens (primary N) is 1. The largest absolute Gasteiger partial charge is 0.351 e. The lowest BCUT2D eigenvalue weighted by molar-refractivity contribution is -0.134. The van der Waals surface area contributed by atoms with Gasteiger partial charge in [0, 0.05) is 16.3 Å². The number of thioether (sulfide) groups is 1. The number of likely N-dealkylation sites (tertiary alicyclic amines) is 1. The van der Waals surface area contributed by atoms with Crippen molar-refractivity contribution >= 4 is 41.2 Å². The molecule has 0 aliphatic carbocycles. The van der Waals surface area contributed by atoms with E-state index in [-0.39, 0.29) is 6.42 Å². The molecule has 1 aliphatic heterocycles. The number of urea groups is 1. The van der Waals surface area contributed by atoms with Gasteiger partial charge < -0.3 is 5.73 Å². The van der Waals surface area contributed by atoms with Crippen LogP contribution in [0.3, 0.4) is 0 Å². The van der Waals surface area contributed by atoms with Crippen LogP contribution in [0.4, 0.5) is 4.79 Å². The second kappa shape index (κ2) is 4.99. The van der Waals surface area contributed by atoms with Crippen LogP contribution in [0.1, 0.15) is 6.42 Å². The Balaban J connectivity index is 2.12. The fraction of sp³-hybridized carbons (Fsp3) is 0.182. The predicted octanol–water partition coefficient (Wildman–Crippen LogP) is 1.64. The number of hydrogen-bond acceptors (Lipinski definition) is 4. The fourth-order valence-corrected chi connectivity index (χ4v) is 2.78. The van der Waals surface area contributed by atoms with Gasteiger partial charge in [-0.3, -0.25) is 9.59 Å². The lowest BCUT2D eigenvalue weighted by Gasteiger charge is -2.09. The molecule has 1 aromatic rings. The van der Waals surface area contributed by atoms with Gasteiger partial charge in [-0.25, -0.2) is 4.79 Å². The smallest absolute Gasteiger partial charge is 0.328 e. The van der Waals surface area contributed by atoms with Crippen molar-refractivity contribution in [2.45, 2.75) is 16.6 Å². The highest BCUT2D eigenvalue weighted by molar-refractivity contribution is 8.00. The SMILES string of the molecule is NC(=O)N1C(=O)CC(Sc2ccc(Cl)cc2)C1=O. The molecule has 1 heterocycles. The van der Waals surface area contributed by atoms with Gasteiger partial charge in [-0.1, -0.05) is 11.6 Å². The number of imide groups is 3. The zero-order chi connectivity index (χ0) is 13.3. The Hall–Kier alpha value is -1.53. The number of amides is 4. The van der Waals surface area contributed by atoms with Gasteiger partial charge >= 0.3 is 6.03 Å². The Morgan fingerprint density at radius 3 is 2.44 bits per heavy atom. The number of rotatable bonds is 2. The van der Waals surface area contributed by atoms with E-state index in [2.05, 4.69) is 0 Å². The maximum Gasteiger partial charge on any atom is 0.328 e. The van der Waals surface area contributed by atoms with Gasteiger partial charge in [0.2, 0.25) is 5.91 Å². The molecular formula is C11H9ClN2O3S. The van der Waals surface area contributed by atoms with Gasteiger partial charge in [0.25, 0.3) is 5.91 Å². The highest BCUT2D eigenvalue weighted by Crippen LogP contribution is 2.31. The third-order valence-corrected chi connectivity index (χ3v) is 3.87. The molecule has 0 saturated carbocycles. The maximum atomic E-state index is 11.8. The molecule has 1 fully saturated rings. The maximum absolute atomic E-state index is 11.8. The van der Waals surface area contributed by atoms with Crippen molar-refractivity contribution in [1.29, 1.82) is 0 Å². The third-order valence-electron chi connectivity index (χ3n) is 2.42. The molecule has 0 bridgehead atoms. The Labute approximate surface area is 112 Å². The van der Waals surface area contributed by atoms with Gasteiger partial charge in [0.05, 0.1) is 5.25 Å². The van der Waals surface area contributed by atoms with Gasteiger partial charge in [-0.15, -0.1) is 11.8 Å². The number of nitrogens with zero attached hydrogens (tertiary/aromatic N) is 1. The average Bonchev–Trinajstić information content (AvgIpc) is 2.57. The summed E-state index contributed by atoms with van der Waals surface area (Å²) in [6, 6.07) is 5.85. The van der Waals surface area contributed by atoms with Crippen LogP contribution in [0.25, 0.3) is 0 Å². The highest BCUT2D eigenvalue weighted by Gasteiger charge is 2.42. The van der Waals surface area contributed by atoms with E-state index in [9.17, 15) is 14.4 Å². The summed E-state index contributed by atoms with van der Waals surface area (Å²) in [5, 5.41) is -0.0156. The van der Waals surface area contributed by atoms with E-state index in [0.717, 1.165) is 4.90 Å². The number of benzene rings is 1. The lowest BCUT2D eigenvalue weighted by Crippen LogP contribution is -2.40. The fourth-order valence-electron chi connectivity index (χ4n) is 1.61. The second-order valence-corrected chi connectivity index (χ2v) is 5.38. The van der Waals surface area contributed by atoms with E-state index in [0.29, 0.717) is 9.92 Å². The normalized spacial score (nSPS) is 19.4. The Morgan fingerprint density at radius 2 is 1.94 bits per heavy atom. The molecule has 1 aromatic carbocycles. The summed E-state index contributed by atoms with van der Waals surface area (Å²) in [6.07, 6.45) is -0.0188. The third kappa shape index (κ3) is 2.49. The first kappa shape index (κ1) is 12.9. The molecule has 1 unspecified atom stereocenters. The molecule has 2 N–H and O–H groups in total. The number of hydrogen-bond donors (Lipinski definition) is 1. The van der Waals surface area contributed by atoms with Gasteiger partial charge in [0.1, 0.15) is 0 Å². The molecule has 94 valence electrons. The van der Waals surface area contributed by atoms with Crippen molar-refractivity contribution in [2.75, 3.05) is 0 Å². The zero-order valence-corrected chi connectivity index (χ0v) is 10.7. The minimum Gasteiger partial charge on any atom is -0.351 e. The molecule has 1 aliphatic rings. The van der Waals surface area contributed by atoms with Crippen LogP contribution < -0.4 is 5.73 Å². The van der Waals surface area contributed by atoms with Crippen molar-refractivity contribution in [3.63, 3.8) is 0 Å². The predicted molar refractivity (Wildman–Crippen MR) is 67.2 cm³/mol. The Kier molecular flexibility index (Phi) is 3.58. The summed E-state index contributed by atoms with van der Waals surface area (Å²) in [6.45, 7) is 0. The molecule has 0 spiro atoms. The molecule has 4 amide bonds. The summed E-state index contributed by atoms with van der Waals surface area (Å²) in [7, 11) is 0. The van der Waals surface area contributed by atoms with Crippen LogP contribution in [0, 0.1) is 0 Å². The lowest BCUT2D eigenvalue weighted by atomic mass is 10.3. The first-order valence-electron chi connectivity index (χ1n) is 5.07. The standard InChI is InChI=1S/C11H9ClN2O3S/c12-6-1-3-7(4-2-6)18-8-5-9(15)14(10(8)16)11(13)17/h1-4,8H,5H2,(H2,13,17). The topological polar surface area (TPSA) is 80.5 Å². The number of carbonyl (C=O) groups excluding carboxylic acids is 3. The summed E-state index contributed by atoms with van der Waals surface area (Å²) in [5.41, 5.74) is 4.97. The van der Waals surface area contributed by atoms with Crippen LogP contribution in [0.15, 0.2) is 29.2 Å². The van der Waals surface area contributed by atoms with Crippen LogP contribution >= 0.6 is 23.4 Å². The summed E-state index contributed by atoms with van der Waals surface area (Å²) < 4.78 is 0. The minimum absolute atomic E-state index is 0.0188. The monoisotopic (exact) mass is 284 g/mol. The average molecular weight is 285 g/mol. The molecule has 5 nitrogen and oxygen atoms in total. The molecule has 0 aromatic heterocycles. The minimum atomic E-state index is -1.02. The molecule has 0 radical (unpaired) electrons. The van der Waals surface area contributed by atoms with Crippen molar-refractivity contribution in [1.82, 2.24) is 4.90 Å². The van der Waals surface area contributed by atoms with E-state index in [1.54, 1.807) is 24.3 Å². The van der Waals surface area contributed by atoms with Gasteiger partial charge in [-0.2, -0.15) is 4.90 Å². The van der Waals surface area contributed by atoms with E-state index in [4.69, 9.17) is 17.3 Å². The van der Waals surface area contributed by atoms with Crippen LogP contribution in [0.2, 0.25) is 5.02 Å². The van der Waals surface area contributed by atoms with Crippen LogP contribution in [-0.2, 0) is 9.59 Å². The number of primary amides is 1. The zero-order valence-electron chi connectivity index (χ0n) is 9.13. The molecular weight excluding hydrogens is 276 g/mol. The van der Waals surface area contributed by atoms with E-state index >= 15 is 0 Å². The summed E-state index contributed by atoms with van der Waals surface area (Å²) in [5.74, 6) is -1.12.